The van der Waals surface area contributed by atoms with E-state index in [0.29, 0.717) is 5.41 Å². The maximum Gasteiger partial charge on any atom is 0.134 e. The fourth-order valence-corrected chi connectivity index (χ4v) is 3.04. The zero-order chi connectivity index (χ0) is 14.4. The number of hydrogen-bond donors (Lipinski definition) is 1. The van der Waals surface area contributed by atoms with E-state index >= 15 is 0 Å². The lowest BCUT2D eigenvalue weighted by atomic mass is 9.74. The first-order valence-electron chi connectivity index (χ1n) is 8.04. The molecule has 0 aromatic carbocycles. The summed E-state index contributed by atoms with van der Waals surface area (Å²) >= 11 is 0. The average Bonchev–Trinajstić information content (AvgIpc) is 2.53. The van der Waals surface area contributed by atoms with Gasteiger partial charge in [-0.1, -0.05) is 33.6 Å². The lowest BCUT2D eigenvalue weighted by Gasteiger charge is -2.41. The van der Waals surface area contributed by atoms with Crippen LogP contribution in [0.3, 0.4) is 0 Å². The summed E-state index contributed by atoms with van der Waals surface area (Å²) in [6.45, 7) is 10.0. The summed E-state index contributed by atoms with van der Waals surface area (Å²) in [6.07, 6.45) is 7.94. The molecule has 1 fully saturated rings. The second-order valence-corrected chi connectivity index (χ2v) is 5.88. The van der Waals surface area contributed by atoms with Crippen molar-refractivity contribution >= 4 is 11.6 Å². The van der Waals surface area contributed by atoms with Crippen molar-refractivity contribution in [2.45, 2.75) is 52.9 Å². The standard InChI is InChI=1S/C16H28N4/c1-4-9-17-14-12-15(19-13-18-14)20-10-7-16(5-2,6-3)8-11-20/h12-13H,4-11H2,1-3H3,(H,17,18,19). The van der Waals surface area contributed by atoms with Crippen LogP contribution in [0.2, 0.25) is 0 Å². The number of rotatable bonds is 6. The highest BCUT2D eigenvalue weighted by atomic mass is 15.2. The second-order valence-electron chi connectivity index (χ2n) is 5.88. The molecule has 0 radical (unpaired) electrons. The molecule has 1 aromatic rings. The van der Waals surface area contributed by atoms with Crippen molar-refractivity contribution in [1.29, 1.82) is 0 Å². The van der Waals surface area contributed by atoms with Crippen molar-refractivity contribution in [2.75, 3.05) is 29.9 Å². The fraction of sp³-hybridized carbons (Fsp3) is 0.750. The Bertz CT molecular complexity index is 405. The van der Waals surface area contributed by atoms with E-state index in [4.69, 9.17) is 0 Å². The van der Waals surface area contributed by atoms with Gasteiger partial charge in [0.2, 0.25) is 0 Å². The number of hydrogen-bond acceptors (Lipinski definition) is 4. The highest BCUT2D eigenvalue weighted by Gasteiger charge is 2.31. The molecule has 0 atom stereocenters. The van der Waals surface area contributed by atoms with Gasteiger partial charge in [0, 0.05) is 25.7 Å². The third-order valence-corrected chi connectivity index (χ3v) is 4.86. The normalized spacial score (nSPS) is 18.1. The fourth-order valence-electron chi connectivity index (χ4n) is 3.04. The van der Waals surface area contributed by atoms with Crippen molar-refractivity contribution in [3.05, 3.63) is 12.4 Å². The smallest absolute Gasteiger partial charge is 0.134 e. The summed E-state index contributed by atoms with van der Waals surface area (Å²) in [6, 6.07) is 2.08. The molecule has 1 aliphatic heterocycles. The summed E-state index contributed by atoms with van der Waals surface area (Å²) in [5.41, 5.74) is 0.562. The molecule has 20 heavy (non-hydrogen) atoms. The molecule has 0 spiro atoms. The number of piperidine rings is 1. The molecule has 2 heterocycles. The molecule has 0 amide bonds. The van der Waals surface area contributed by atoms with Crippen LogP contribution in [-0.4, -0.2) is 29.6 Å². The molecule has 0 aliphatic carbocycles. The van der Waals surface area contributed by atoms with Gasteiger partial charge in [0.1, 0.15) is 18.0 Å². The van der Waals surface area contributed by atoms with E-state index in [1.165, 1.54) is 25.7 Å². The highest BCUT2D eigenvalue weighted by molar-refractivity contribution is 5.48. The molecular formula is C16H28N4. The van der Waals surface area contributed by atoms with Gasteiger partial charge in [0.25, 0.3) is 0 Å². The molecule has 1 aliphatic rings. The van der Waals surface area contributed by atoms with E-state index < -0.39 is 0 Å². The van der Waals surface area contributed by atoms with E-state index in [1.807, 2.05) is 0 Å². The third-order valence-electron chi connectivity index (χ3n) is 4.86. The minimum atomic E-state index is 0.562. The second kappa shape index (κ2) is 6.91. The monoisotopic (exact) mass is 276 g/mol. The van der Waals surface area contributed by atoms with E-state index in [9.17, 15) is 0 Å². The van der Waals surface area contributed by atoms with E-state index in [1.54, 1.807) is 6.33 Å². The summed E-state index contributed by atoms with van der Waals surface area (Å²) in [4.78, 5) is 11.1. The topological polar surface area (TPSA) is 41.0 Å². The van der Waals surface area contributed by atoms with Crippen LogP contribution in [0.15, 0.2) is 12.4 Å². The number of anilines is 2. The zero-order valence-corrected chi connectivity index (χ0v) is 13.2. The minimum absolute atomic E-state index is 0.562. The maximum absolute atomic E-state index is 4.45. The number of nitrogens with zero attached hydrogens (tertiary/aromatic N) is 3. The molecule has 4 nitrogen and oxygen atoms in total. The van der Waals surface area contributed by atoms with Gasteiger partial charge in [-0.3, -0.25) is 0 Å². The molecule has 1 saturated heterocycles. The molecule has 112 valence electrons. The van der Waals surface area contributed by atoms with Crippen molar-refractivity contribution in [2.24, 2.45) is 5.41 Å². The lowest BCUT2D eigenvalue weighted by molar-refractivity contribution is 0.199. The Labute approximate surface area is 123 Å². The molecule has 0 saturated carbocycles. The molecule has 1 N–H and O–H groups in total. The van der Waals surface area contributed by atoms with Crippen LogP contribution in [0.4, 0.5) is 11.6 Å². The quantitative estimate of drug-likeness (QED) is 0.860. The van der Waals surface area contributed by atoms with Crippen LogP contribution in [0.5, 0.6) is 0 Å². The predicted octanol–water partition coefficient (Wildman–Crippen LogP) is 3.71. The average molecular weight is 276 g/mol. The first kappa shape index (κ1) is 15.1. The largest absolute Gasteiger partial charge is 0.370 e. The zero-order valence-electron chi connectivity index (χ0n) is 13.2. The third kappa shape index (κ3) is 3.41. The summed E-state index contributed by atoms with van der Waals surface area (Å²) in [7, 11) is 0. The SMILES string of the molecule is CCCNc1cc(N2CCC(CC)(CC)CC2)ncn1. The van der Waals surface area contributed by atoms with Gasteiger partial charge in [-0.05, 0) is 24.7 Å². The molecule has 0 bridgehead atoms. The highest BCUT2D eigenvalue weighted by Crippen LogP contribution is 2.38. The number of nitrogens with one attached hydrogen (secondary N) is 1. The predicted molar refractivity (Wildman–Crippen MR) is 85.3 cm³/mol. The van der Waals surface area contributed by atoms with Crippen LogP contribution < -0.4 is 10.2 Å². The molecular weight excluding hydrogens is 248 g/mol. The minimum Gasteiger partial charge on any atom is -0.370 e. The van der Waals surface area contributed by atoms with Gasteiger partial charge < -0.3 is 10.2 Å². The Balaban J connectivity index is 1.99. The van der Waals surface area contributed by atoms with Gasteiger partial charge in [-0.25, -0.2) is 9.97 Å². The first-order chi connectivity index (χ1) is 9.73. The van der Waals surface area contributed by atoms with Crippen LogP contribution in [0, 0.1) is 5.41 Å². The number of aromatic nitrogens is 2. The Hall–Kier alpha value is -1.32. The Morgan fingerprint density at radius 1 is 1.15 bits per heavy atom. The van der Waals surface area contributed by atoms with E-state index in [0.717, 1.165) is 37.7 Å². The van der Waals surface area contributed by atoms with Crippen molar-refractivity contribution in [3.8, 4) is 0 Å². The van der Waals surface area contributed by atoms with Gasteiger partial charge in [-0.2, -0.15) is 0 Å². The summed E-state index contributed by atoms with van der Waals surface area (Å²) in [5.74, 6) is 2.01. The van der Waals surface area contributed by atoms with Crippen molar-refractivity contribution < 1.29 is 0 Å². The van der Waals surface area contributed by atoms with Crippen LogP contribution in [0.1, 0.15) is 52.9 Å². The van der Waals surface area contributed by atoms with E-state index in [2.05, 4.69) is 47.0 Å². The first-order valence-corrected chi connectivity index (χ1v) is 8.04. The summed E-state index contributed by atoms with van der Waals surface area (Å²) < 4.78 is 0. The van der Waals surface area contributed by atoms with Gasteiger partial charge >= 0.3 is 0 Å². The summed E-state index contributed by atoms with van der Waals surface area (Å²) in [5, 5.41) is 3.33. The molecule has 0 unspecified atom stereocenters. The van der Waals surface area contributed by atoms with E-state index in [-0.39, 0.29) is 0 Å². The van der Waals surface area contributed by atoms with Crippen LogP contribution >= 0.6 is 0 Å². The molecule has 4 heteroatoms. The van der Waals surface area contributed by atoms with Crippen LogP contribution in [-0.2, 0) is 0 Å². The maximum atomic E-state index is 4.45. The molecule has 1 aromatic heterocycles. The Kier molecular flexibility index (Phi) is 5.21. The van der Waals surface area contributed by atoms with Gasteiger partial charge in [0.05, 0.1) is 0 Å². The lowest BCUT2D eigenvalue weighted by Crippen LogP contribution is -2.40. The van der Waals surface area contributed by atoms with Crippen LogP contribution in [0.25, 0.3) is 0 Å². The van der Waals surface area contributed by atoms with Crippen molar-refractivity contribution in [3.63, 3.8) is 0 Å². The van der Waals surface area contributed by atoms with Gasteiger partial charge in [-0.15, -0.1) is 0 Å². The van der Waals surface area contributed by atoms with Gasteiger partial charge in [0.15, 0.2) is 0 Å². The van der Waals surface area contributed by atoms with Crippen molar-refractivity contribution in [1.82, 2.24) is 9.97 Å². The Morgan fingerprint density at radius 2 is 1.85 bits per heavy atom. The molecule has 2 rings (SSSR count). The Morgan fingerprint density at radius 3 is 2.45 bits per heavy atom.